The van der Waals surface area contributed by atoms with E-state index in [1.54, 1.807) is 6.20 Å². The Morgan fingerprint density at radius 3 is 2.80 bits per heavy atom. The zero-order valence-electron chi connectivity index (χ0n) is 11.3. The predicted octanol–water partition coefficient (Wildman–Crippen LogP) is 2.02. The van der Waals surface area contributed by atoms with Crippen LogP contribution >= 0.6 is 0 Å². The molecule has 0 saturated carbocycles. The molecule has 0 fully saturated rings. The summed E-state index contributed by atoms with van der Waals surface area (Å²) in [4.78, 5) is 26.0. The molecule has 2 rings (SSSR count). The molecule has 106 valence electrons. The Morgan fingerprint density at radius 1 is 1.35 bits per heavy atom. The maximum Gasteiger partial charge on any atom is 0.307 e. The summed E-state index contributed by atoms with van der Waals surface area (Å²) < 4.78 is 4.74. The lowest BCUT2D eigenvalue weighted by molar-refractivity contribution is -0.144. The Balaban J connectivity index is 2.15. The number of benzene rings is 1. The fraction of sp³-hybridized carbons (Fsp3) is 0.333. The van der Waals surface area contributed by atoms with Gasteiger partial charge in [-0.05, 0) is 18.1 Å². The molecule has 1 aromatic carbocycles. The Bertz CT molecular complexity index is 617. The van der Waals surface area contributed by atoms with Crippen molar-refractivity contribution in [2.45, 2.75) is 12.8 Å². The van der Waals surface area contributed by atoms with E-state index in [9.17, 15) is 14.7 Å². The molecule has 0 bridgehead atoms. The van der Waals surface area contributed by atoms with Crippen molar-refractivity contribution < 1.29 is 19.4 Å². The highest BCUT2D eigenvalue weighted by atomic mass is 16.5. The van der Waals surface area contributed by atoms with Crippen molar-refractivity contribution in [3.8, 4) is 0 Å². The van der Waals surface area contributed by atoms with Crippen molar-refractivity contribution in [1.29, 1.82) is 0 Å². The molecule has 5 nitrogen and oxygen atoms in total. The number of aliphatic carboxylic acids is 1. The second kappa shape index (κ2) is 6.34. The van der Waals surface area contributed by atoms with Crippen molar-refractivity contribution >= 4 is 22.7 Å². The van der Waals surface area contributed by atoms with E-state index < -0.39 is 11.9 Å². The van der Waals surface area contributed by atoms with Crippen LogP contribution in [-0.2, 0) is 20.7 Å². The van der Waals surface area contributed by atoms with Gasteiger partial charge in [0.25, 0.3) is 0 Å². The number of hydrogen-bond donors (Lipinski definition) is 2. The normalized spacial score (nSPS) is 12.4. The lowest BCUT2D eigenvalue weighted by atomic mass is 9.94. The molecule has 0 aliphatic carbocycles. The van der Waals surface area contributed by atoms with Gasteiger partial charge in [0.1, 0.15) is 6.61 Å². The molecule has 0 saturated heterocycles. The number of nitrogens with one attached hydrogen (secondary N) is 1. The van der Waals surface area contributed by atoms with Crippen LogP contribution in [0.4, 0.5) is 0 Å². The predicted molar refractivity (Wildman–Crippen MR) is 74.6 cm³/mol. The third-order valence-electron chi connectivity index (χ3n) is 3.27. The number of rotatable bonds is 7. The van der Waals surface area contributed by atoms with Crippen LogP contribution in [0.15, 0.2) is 30.5 Å². The standard InChI is InChI=1S/C15H17NO4/c1-20-9-12(17)7-10(15(18)19)6-11-8-16-14-5-3-2-4-13(11)14/h2-5,8,10,16H,6-7,9H2,1H3,(H,18,19). The molecule has 1 heterocycles. The molecule has 0 aliphatic rings. The Labute approximate surface area is 116 Å². The first-order chi connectivity index (χ1) is 9.61. The highest BCUT2D eigenvalue weighted by molar-refractivity contribution is 5.86. The van der Waals surface area contributed by atoms with Crippen molar-refractivity contribution in [2.24, 2.45) is 5.92 Å². The van der Waals surface area contributed by atoms with Gasteiger partial charge in [-0.1, -0.05) is 18.2 Å². The van der Waals surface area contributed by atoms with E-state index >= 15 is 0 Å². The molecule has 0 aliphatic heterocycles. The average molecular weight is 275 g/mol. The summed E-state index contributed by atoms with van der Waals surface area (Å²) in [7, 11) is 1.42. The summed E-state index contributed by atoms with van der Waals surface area (Å²) in [5, 5.41) is 10.3. The third-order valence-corrected chi connectivity index (χ3v) is 3.27. The number of hydrogen-bond acceptors (Lipinski definition) is 3. The zero-order valence-corrected chi connectivity index (χ0v) is 11.3. The van der Waals surface area contributed by atoms with Crippen LogP contribution in [-0.4, -0.2) is 35.6 Å². The van der Waals surface area contributed by atoms with Crippen LogP contribution in [0.1, 0.15) is 12.0 Å². The molecule has 2 aromatic rings. The van der Waals surface area contributed by atoms with E-state index in [0.29, 0.717) is 6.42 Å². The number of H-pyrrole nitrogens is 1. The number of aromatic nitrogens is 1. The van der Waals surface area contributed by atoms with Crippen LogP contribution in [0.5, 0.6) is 0 Å². The maximum absolute atomic E-state index is 11.6. The number of carboxylic acids is 1. The minimum atomic E-state index is -0.959. The van der Waals surface area contributed by atoms with Gasteiger partial charge in [-0.2, -0.15) is 0 Å². The monoisotopic (exact) mass is 275 g/mol. The van der Waals surface area contributed by atoms with Crippen LogP contribution < -0.4 is 0 Å². The first-order valence-electron chi connectivity index (χ1n) is 6.40. The van der Waals surface area contributed by atoms with Crippen molar-refractivity contribution in [1.82, 2.24) is 4.98 Å². The fourth-order valence-corrected chi connectivity index (χ4v) is 2.31. The minimum absolute atomic E-state index is 0.0112. The number of methoxy groups -OCH3 is 1. The van der Waals surface area contributed by atoms with Crippen molar-refractivity contribution in [2.75, 3.05) is 13.7 Å². The Kier molecular flexibility index (Phi) is 4.53. The second-order valence-corrected chi connectivity index (χ2v) is 4.77. The summed E-state index contributed by atoms with van der Waals surface area (Å²) in [6.07, 6.45) is 2.12. The Morgan fingerprint density at radius 2 is 2.10 bits per heavy atom. The number of carboxylic acid groups (broad SMARTS) is 1. The zero-order chi connectivity index (χ0) is 14.5. The highest BCUT2D eigenvalue weighted by Gasteiger charge is 2.22. The van der Waals surface area contributed by atoms with E-state index in [0.717, 1.165) is 16.5 Å². The molecule has 5 heteroatoms. The number of carbonyl (C=O) groups excluding carboxylic acids is 1. The van der Waals surface area contributed by atoms with Gasteiger partial charge in [-0.25, -0.2) is 0 Å². The van der Waals surface area contributed by atoms with Gasteiger partial charge in [0.15, 0.2) is 5.78 Å². The quantitative estimate of drug-likeness (QED) is 0.810. The first kappa shape index (κ1) is 14.3. The van der Waals surface area contributed by atoms with Crippen LogP contribution in [0.3, 0.4) is 0 Å². The van der Waals surface area contributed by atoms with Gasteiger partial charge >= 0.3 is 5.97 Å². The van der Waals surface area contributed by atoms with Crippen molar-refractivity contribution in [3.05, 3.63) is 36.0 Å². The lowest BCUT2D eigenvalue weighted by Gasteiger charge is -2.10. The molecule has 1 aromatic heterocycles. The van der Waals surface area contributed by atoms with Crippen LogP contribution in [0.2, 0.25) is 0 Å². The number of para-hydroxylation sites is 1. The van der Waals surface area contributed by atoms with Crippen molar-refractivity contribution in [3.63, 3.8) is 0 Å². The molecule has 2 N–H and O–H groups in total. The molecule has 20 heavy (non-hydrogen) atoms. The number of carbonyl (C=O) groups is 2. The molecule has 0 spiro atoms. The number of fused-ring (bicyclic) bond motifs is 1. The summed E-state index contributed by atoms with van der Waals surface area (Å²) >= 11 is 0. The number of Topliss-reactive ketones (excluding diaryl/α,β-unsaturated/α-hetero) is 1. The largest absolute Gasteiger partial charge is 0.481 e. The minimum Gasteiger partial charge on any atom is -0.481 e. The molecular weight excluding hydrogens is 258 g/mol. The summed E-state index contributed by atoms with van der Waals surface area (Å²) in [6, 6.07) is 7.70. The van der Waals surface area contributed by atoms with E-state index in [-0.39, 0.29) is 18.8 Å². The topological polar surface area (TPSA) is 79.4 Å². The van der Waals surface area contributed by atoms with E-state index in [4.69, 9.17) is 4.74 Å². The smallest absolute Gasteiger partial charge is 0.307 e. The average Bonchev–Trinajstić information content (AvgIpc) is 2.82. The van der Waals surface area contributed by atoms with Gasteiger partial charge in [0, 0.05) is 30.6 Å². The van der Waals surface area contributed by atoms with Crippen LogP contribution in [0, 0.1) is 5.92 Å². The lowest BCUT2D eigenvalue weighted by Crippen LogP contribution is -2.22. The summed E-state index contributed by atoms with van der Waals surface area (Å²) in [6.45, 7) is -0.0440. The van der Waals surface area contributed by atoms with Gasteiger partial charge in [-0.3, -0.25) is 9.59 Å². The first-order valence-corrected chi connectivity index (χ1v) is 6.40. The Hall–Kier alpha value is -2.14. The molecular formula is C15H17NO4. The van der Waals surface area contributed by atoms with Crippen LogP contribution in [0.25, 0.3) is 10.9 Å². The number of ether oxygens (including phenoxy) is 1. The van der Waals surface area contributed by atoms with Gasteiger partial charge < -0.3 is 14.8 Å². The summed E-state index contributed by atoms with van der Waals surface area (Å²) in [5.74, 6) is -1.88. The third kappa shape index (κ3) is 3.24. The highest BCUT2D eigenvalue weighted by Crippen LogP contribution is 2.22. The van der Waals surface area contributed by atoms with E-state index in [1.165, 1.54) is 7.11 Å². The molecule has 0 radical (unpaired) electrons. The number of ketones is 1. The van der Waals surface area contributed by atoms with Gasteiger partial charge in [0.2, 0.25) is 0 Å². The SMILES string of the molecule is COCC(=O)CC(Cc1c[nH]c2ccccc12)C(=O)O. The maximum atomic E-state index is 11.6. The second-order valence-electron chi connectivity index (χ2n) is 4.77. The number of aromatic amines is 1. The van der Waals surface area contributed by atoms with E-state index in [2.05, 4.69) is 4.98 Å². The van der Waals surface area contributed by atoms with Gasteiger partial charge in [-0.15, -0.1) is 0 Å². The molecule has 1 unspecified atom stereocenters. The van der Waals surface area contributed by atoms with E-state index in [1.807, 2.05) is 24.3 Å². The molecule has 1 atom stereocenters. The fourth-order valence-electron chi connectivity index (χ4n) is 2.31. The summed E-state index contributed by atoms with van der Waals surface area (Å²) in [5.41, 5.74) is 1.88. The molecule has 0 amide bonds. The van der Waals surface area contributed by atoms with Gasteiger partial charge in [0.05, 0.1) is 5.92 Å².